The molecule has 1 aliphatic heterocycles. The van der Waals surface area contributed by atoms with Gasteiger partial charge in [-0.25, -0.2) is 9.97 Å². The van der Waals surface area contributed by atoms with Gasteiger partial charge in [0, 0.05) is 30.4 Å². The number of rotatable bonds is 6. The highest BCUT2D eigenvalue weighted by Crippen LogP contribution is 2.33. The van der Waals surface area contributed by atoms with Crippen molar-refractivity contribution >= 4 is 28.8 Å². The molecular formula is C21H18F3N7O2S. The van der Waals surface area contributed by atoms with Crippen LogP contribution in [0.2, 0.25) is 0 Å². The van der Waals surface area contributed by atoms with E-state index in [0.29, 0.717) is 36.3 Å². The van der Waals surface area contributed by atoms with Crippen LogP contribution >= 0.6 is 11.3 Å². The van der Waals surface area contributed by atoms with Crippen LogP contribution in [0.4, 0.5) is 30.6 Å². The maximum absolute atomic E-state index is 12.8. The van der Waals surface area contributed by atoms with E-state index in [-0.39, 0.29) is 5.82 Å². The molecule has 176 valence electrons. The zero-order valence-electron chi connectivity index (χ0n) is 17.6. The van der Waals surface area contributed by atoms with Crippen LogP contribution in [0.25, 0.3) is 10.7 Å². The van der Waals surface area contributed by atoms with Crippen LogP contribution < -0.4 is 9.80 Å². The summed E-state index contributed by atoms with van der Waals surface area (Å²) in [4.78, 5) is 22.2. The van der Waals surface area contributed by atoms with E-state index in [1.54, 1.807) is 30.7 Å². The summed E-state index contributed by atoms with van der Waals surface area (Å²) in [6.07, 6.45) is 0.112. The maximum atomic E-state index is 12.8. The molecule has 4 aromatic rings. The first kappa shape index (κ1) is 22.2. The van der Waals surface area contributed by atoms with Crippen molar-refractivity contribution in [2.24, 2.45) is 0 Å². The zero-order valence-corrected chi connectivity index (χ0v) is 18.5. The predicted molar refractivity (Wildman–Crippen MR) is 118 cm³/mol. The van der Waals surface area contributed by atoms with Crippen LogP contribution in [0.15, 0.2) is 53.4 Å². The Hall–Kier alpha value is -3.58. The number of morpholine rings is 1. The minimum Gasteiger partial charge on any atom is -0.378 e. The van der Waals surface area contributed by atoms with Crippen molar-refractivity contribution in [1.29, 1.82) is 0 Å². The highest BCUT2D eigenvalue weighted by molar-refractivity contribution is 7.15. The average Bonchev–Trinajstić information content (AvgIpc) is 3.54. The molecule has 1 saturated heterocycles. The van der Waals surface area contributed by atoms with Crippen LogP contribution in [0.1, 0.15) is 10.8 Å². The lowest BCUT2D eigenvalue weighted by atomic mass is 10.3. The predicted octanol–water partition coefficient (Wildman–Crippen LogP) is 4.18. The monoisotopic (exact) mass is 489 g/mol. The second kappa shape index (κ2) is 9.35. The standard InChI is InChI=1S/C21H18F3N7O2S/c22-21(23,24)20-28-19(29-33-20)15-5-4-14(34-15)13-31(18-12-25-6-7-26-18)17-3-1-2-16(27-17)30-8-10-32-11-9-30/h1-7,12H,8-11,13H2. The molecule has 5 rings (SSSR count). The molecule has 0 radical (unpaired) electrons. The van der Waals surface area contributed by atoms with Crippen molar-refractivity contribution in [3.8, 4) is 10.7 Å². The third kappa shape index (κ3) is 4.84. The van der Waals surface area contributed by atoms with Crippen molar-refractivity contribution in [3.05, 3.63) is 59.7 Å². The zero-order chi connectivity index (χ0) is 23.5. The fourth-order valence-electron chi connectivity index (χ4n) is 3.42. The average molecular weight is 489 g/mol. The summed E-state index contributed by atoms with van der Waals surface area (Å²) in [6, 6.07) is 9.22. The molecule has 0 spiro atoms. The number of hydrogen-bond donors (Lipinski definition) is 0. The Kier molecular flexibility index (Phi) is 6.11. The number of aromatic nitrogens is 5. The minimum absolute atomic E-state index is 0.109. The largest absolute Gasteiger partial charge is 0.471 e. The van der Waals surface area contributed by atoms with E-state index in [0.717, 1.165) is 23.8 Å². The number of ether oxygens (including phenoxy) is 1. The van der Waals surface area contributed by atoms with E-state index >= 15 is 0 Å². The summed E-state index contributed by atoms with van der Waals surface area (Å²) in [5.41, 5.74) is 0. The van der Waals surface area contributed by atoms with Crippen molar-refractivity contribution in [2.45, 2.75) is 12.7 Å². The molecule has 1 aliphatic rings. The van der Waals surface area contributed by atoms with E-state index in [1.807, 2.05) is 23.1 Å². The van der Waals surface area contributed by atoms with Crippen molar-refractivity contribution in [1.82, 2.24) is 25.1 Å². The molecule has 0 unspecified atom stereocenters. The second-order valence-corrected chi connectivity index (χ2v) is 8.46. The quantitative estimate of drug-likeness (QED) is 0.395. The van der Waals surface area contributed by atoms with E-state index in [2.05, 4.69) is 29.5 Å². The summed E-state index contributed by atoms with van der Waals surface area (Å²) < 4.78 is 48.2. The van der Waals surface area contributed by atoms with Gasteiger partial charge in [-0.15, -0.1) is 11.3 Å². The van der Waals surface area contributed by atoms with E-state index in [9.17, 15) is 13.2 Å². The summed E-state index contributed by atoms with van der Waals surface area (Å²) in [5, 5.41) is 3.47. The minimum atomic E-state index is -4.69. The first-order valence-corrected chi connectivity index (χ1v) is 11.1. The molecule has 0 aliphatic carbocycles. The van der Waals surface area contributed by atoms with Gasteiger partial charge in [0.25, 0.3) is 0 Å². The lowest BCUT2D eigenvalue weighted by Gasteiger charge is -2.29. The molecule has 0 bridgehead atoms. The molecule has 0 N–H and O–H groups in total. The molecule has 0 saturated carbocycles. The van der Waals surface area contributed by atoms with Crippen molar-refractivity contribution < 1.29 is 22.4 Å². The fourth-order valence-corrected chi connectivity index (χ4v) is 4.34. The Morgan fingerprint density at radius 1 is 1.03 bits per heavy atom. The molecule has 0 amide bonds. The highest BCUT2D eigenvalue weighted by Gasteiger charge is 2.38. The van der Waals surface area contributed by atoms with Gasteiger partial charge in [-0.1, -0.05) is 11.2 Å². The molecule has 34 heavy (non-hydrogen) atoms. The van der Waals surface area contributed by atoms with E-state index < -0.39 is 12.1 Å². The molecule has 0 atom stereocenters. The smallest absolute Gasteiger partial charge is 0.378 e. The second-order valence-electron chi connectivity index (χ2n) is 7.29. The summed E-state index contributed by atoms with van der Waals surface area (Å²) in [7, 11) is 0. The molecule has 0 aromatic carbocycles. The van der Waals surface area contributed by atoms with Crippen molar-refractivity contribution in [3.63, 3.8) is 0 Å². The molecule has 1 fully saturated rings. The number of nitrogens with zero attached hydrogens (tertiary/aromatic N) is 7. The number of hydrogen-bond acceptors (Lipinski definition) is 10. The van der Waals surface area contributed by atoms with Gasteiger partial charge in [0.05, 0.1) is 30.8 Å². The number of halogens is 3. The molecular weight excluding hydrogens is 471 g/mol. The SMILES string of the molecule is FC(F)(F)c1nc(-c2ccc(CN(c3cnccn3)c3cccc(N4CCOCC4)n3)s2)no1. The first-order chi connectivity index (χ1) is 16.5. The summed E-state index contributed by atoms with van der Waals surface area (Å²) in [6.45, 7) is 3.15. The molecule has 4 aromatic heterocycles. The van der Waals surface area contributed by atoms with Gasteiger partial charge in [-0.2, -0.15) is 18.2 Å². The van der Waals surface area contributed by atoms with Gasteiger partial charge >= 0.3 is 12.1 Å². The fraction of sp³-hybridized carbons (Fsp3) is 0.286. The number of thiophene rings is 1. The molecule has 5 heterocycles. The Labute approximate surface area is 195 Å². The Bertz CT molecular complexity index is 1240. The maximum Gasteiger partial charge on any atom is 0.471 e. The van der Waals surface area contributed by atoms with Crippen molar-refractivity contribution in [2.75, 3.05) is 36.1 Å². The third-order valence-electron chi connectivity index (χ3n) is 5.02. The van der Waals surface area contributed by atoms with Gasteiger partial charge in [0.1, 0.15) is 11.6 Å². The highest BCUT2D eigenvalue weighted by atomic mass is 32.1. The number of alkyl halides is 3. The summed E-state index contributed by atoms with van der Waals surface area (Å²) >= 11 is 1.26. The van der Waals surface area contributed by atoms with Crippen LogP contribution in [0.3, 0.4) is 0 Å². The van der Waals surface area contributed by atoms with E-state index in [4.69, 9.17) is 9.72 Å². The Morgan fingerprint density at radius 3 is 2.62 bits per heavy atom. The lowest BCUT2D eigenvalue weighted by molar-refractivity contribution is -0.159. The first-order valence-electron chi connectivity index (χ1n) is 10.3. The van der Waals surface area contributed by atoms with Crippen LogP contribution in [0, 0.1) is 0 Å². The van der Waals surface area contributed by atoms with E-state index in [1.165, 1.54) is 11.3 Å². The Balaban J connectivity index is 1.43. The lowest BCUT2D eigenvalue weighted by Crippen LogP contribution is -2.36. The van der Waals surface area contributed by atoms with Gasteiger partial charge < -0.3 is 19.1 Å². The summed E-state index contributed by atoms with van der Waals surface area (Å²) in [5.74, 6) is 0.597. The van der Waals surface area contributed by atoms with Gasteiger partial charge in [-0.3, -0.25) is 4.98 Å². The van der Waals surface area contributed by atoms with Crippen LogP contribution in [0.5, 0.6) is 0 Å². The molecule has 13 heteroatoms. The Morgan fingerprint density at radius 2 is 1.88 bits per heavy atom. The van der Waals surface area contributed by atoms with Crippen LogP contribution in [-0.2, 0) is 17.5 Å². The topological polar surface area (TPSA) is 93.3 Å². The van der Waals surface area contributed by atoms with Gasteiger partial charge in [0.15, 0.2) is 5.82 Å². The van der Waals surface area contributed by atoms with Gasteiger partial charge in [-0.05, 0) is 24.3 Å². The van der Waals surface area contributed by atoms with Crippen LogP contribution in [-0.4, -0.2) is 51.4 Å². The number of anilines is 3. The number of pyridine rings is 1. The normalized spacial score (nSPS) is 14.4. The molecule has 9 nitrogen and oxygen atoms in total. The third-order valence-corrected chi connectivity index (χ3v) is 6.09. The van der Waals surface area contributed by atoms with Gasteiger partial charge in [0.2, 0.25) is 5.82 Å².